The Morgan fingerprint density at radius 3 is 2.22 bits per heavy atom. The van der Waals surface area contributed by atoms with Crippen molar-refractivity contribution in [2.45, 2.75) is 17.1 Å². The van der Waals surface area contributed by atoms with Crippen LogP contribution in [0.3, 0.4) is 0 Å². The molecule has 1 saturated heterocycles. The molecule has 0 atom stereocenters. The minimum absolute atomic E-state index is 0.00817. The van der Waals surface area contributed by atoms with Crippen LogP contribution in [0.4, 0.5) is 0 Å². The van der Waals surface area contributed by atoms with Gasteiger partial charge in [0.15, 0.2) is 0 Å². The van der Waals surface area contributed by atoms with Crippen LogP contribution >= 0.6 is 22.6 Å². The molecule has 9 heavy (non-hydrogen) atoms. The van der Waals surface area contributed by atoms with Gasteiger partial charge in [0.05, 0.1) is 13.2 Å². The number of rotatable bonds is 0. The van der Waals surface area contributed by atoms with Gasteiger partial charge in [-0.3, -0.25) is 0 Å². The number of alkyl halides is 1. The van der Waals surface area contributed by atoms with Crippen molar-refractivity contribution in [3.05, 3.63) is 0 Å². The lowest BCUT2D eigenvalue weighted by molar-refractivity contribution is -0.147. The molecule has 2 fully saturated rings. The SMILES string of the molecule is IC1OCC2(CC2)CO1. The first-order valence-corrected chi connectivity index (χ1v) is 4.43. The first-order valence-electron chi connectivity index (χ1n) is 3.18. The van der Waals surface area contributed by atoms with Crippen LogP contribution in [0.2, 0.25) is 0 Å². The zero-order chi connectivity index (χ0) is 6.32. The predicted molar refractivity (Wildman–Crippen MR) is 41.4 cm³/mol. The fourth-order valence-corrected chi connectivity index (χ4v) is 1.40. The van der Waals surface area contributed by atoms with E-state index in [1.54, 1.807) is 0 Å². The first-order chi connectivity index (χ1) is 4.31. The van der Waals surface area contributed by atoms with Gasteiger partial charge in [-0.25, -0.2) is 0 Å². The smallest absolute Gasteiger partial charge is 0.210 e. The summed E-state index contributed by atoms with van der Waals surface area (Å²) in [5.41, 5.74) is 0.460. The highest BCUT2D eigenvalue weighted by Gasteiger charge is 2.46. The molecular weight excluding hydrogens is 231 g/mol. The molecule has 1 saturated carbocycles. The summed E-state index contributed by atoms with van der Waals surface area (Å²) in [7, 11) is 0. The number of hydrogen-bond donors (Lipinski definition) is 0. The van der Waals surface area contributed by atoms with Gasteiger partial charge in [-0.05, 0) is 35.4 Å². The van der Waals surface area contributed by atoms with Crippen molar-refractivity contribution in [2.24, 2.45) is 5.41 Å². The third-order valence-electron chi connectivity index (χ3n) is 2.00. The Hall–Kier alpha value is 0.650. The summed E-state index contributed by atoms with van der Waals surface area (Å²) in [6.07, 6.45) is 2.60. The van der Waals surface area contributed by atoms with Gasteiger partial charge >= 0.3 is 0 Å². The van der Waals surface area contributed by atoms with Gasteiger partial charge in [-0.1, -0.05) is 0 Å². The van der Waals surface area contributed by atoms with E-state index in [9.17, 15) is 0 Å². The van der Waals surface area contributed by atoms with Crippen LogP contribution in [0.5, 0.6) is 0 Å². The maximum absolute atomic E-state index is 5.32. The lowest BCUT2D eigenvalue weighted by Gasteiger charge is -2.25. The van der Waals surface area contributed by atoms with E-state index in [-0.39, 0.29) is 4.30 Å². The van der Waals surface area contributed by atoms with E-state index >= 15 is 0 Å². The topological polar surface area (TPSA) is 18.5 Å². The summed E-state index contributed by atoms with van der Waals surface area (Å²) in [5.74, 6) is 0. The van der Waals surface area contributed by atoms with Gasteiger partial charge in [0.2, 0.25) is 4.30 Å². The number of ether oxygens (including phenoxy) is 2. The summed E-state index contributed by atoms with van der Waals surface area (Å²) >= 11 is 2.16. The molecule has 0 radical (unpaired) electrons. The summed E-state index contributed by atoms with van der Waals surface area (Å²) in [5, 5.41) is 0. The van der Waals surface area contributed by atoms with E-state index in [2.05, 4.69) is 22.6 Å². The third kappa shape index (κ3) is 1.23. The second-order valence-electron chi connectivity index (χ2n) is 2.90. The van der Waals surface area contributed by atoms with E-state index in [0.717, 1.165) is 13.2 Å². The fourth-order valence-electron chi connectivity index (χ4n) is 1.04. The maximum Gasteiger partial charge on any atom is 0.210 e. The molecule has 0 N–H and O–H groups in total. The Morgan fingerprint density at radius 2 is 1.78 bits per heavy atom. The van der Waals surface area contributed by atoms with Crippen LogP contribution in [0.1, 0.15) is 12.8 Å². The Bertz CT molecular complexity index is 112. The summed E-state index contributed by atoms with van der Waals surface area (Å²) in [6.45, 7) is 1.83. The van der Waals surface area contributed by atoms with Crippen LogP contribution in [-0.4, -0.2) is 17.5 Å². The van der Waals surface area contributed by atoms with Crippen molar-refractivity contribution in [2.75, 3.05) is 13.2 Å². The lowest BCUT2D eigenvalue weighted by atomic mass is 10.1. The van der Waals surface area contributed by atoms with Crippen molar-refractivity contribution in [1.82, 2.24) is 0 Å². The molecule has 2 aliphatic rings. The van der Waals surface area contributed by atoms with Gasteiger partial charge in [0.25, 0.3) is 0 Å². The van der Waals surface area contributed by atoms with Crippen LogP contribution in [0.15, 0.2) is 0 Å². The molecular formula is C6H9IO2. The minimum Gasteiger partial charge on any atom is -0.343 e. The second kappa shape index (κ2) is 2.07. The highest BCUT2D eigenvalue weighted by atomic mass is 127. The van der Waals surface area contributed by atoms with E-state index in [4.69, 9.17) is 9.47 Å². The minimum atomic E-state index is 0.00817. The Balaban J connectivity index is 1.91. The molecule has 0 amide bonds. The standard InChI is InChI=1S/C6H9IO2/c7-5-8-3-6(1-2-6)4-9-5/h5H,1-4H2. The maximum atomic E-state index is 5.32. The number of halogens is 1. The average Bonchev–Trinajstić information content (AvgIpc) is 2.60. The molecule has 2 rings (SSSR count). The van der Waals surface area contributed by atoms with Gasteiger partial charge in [0.1, 0.15) is 0 Å². The quantitative estimate of drug-likeness (QED) is 0.472. The predicted octanol–water partition coefficient (Wildman–Crippen LogP) is 1.53. The van der Waals surface area contributed by atoms with Crippen molar-refractivity contribution in [1.29, 1.82) is 0 Å². The Labute approximate surface area is 68.0 Å². The van der Waals surface area contributed by atoms with Crippen molar-refractivity contribution in [3.8, 4) is 0 Å². The first kappa shape index (κ1) is 6.37. The third-order valence-corrected chi connectivity index (χ3v) is 2.72. The largest absolute Gasteiger partial charge is 0.343 e. The van der Waals surface area contributed by atoms with E-state index in [1.807, 2.05) is 0 Å². The van der Waals surface area contributed by atoms with Crippen molar-refractivity contribution >= 4 is 22.6 Å². The van der Waals surface area contributed by atoms with Gasteiger partial charge < -0.3 is 9.47 Å². The molecule has 3 heteroatoms. The van der Waals surface area contributed by atoms with Gasteiger partial charge in [0, 0.05) is 5.41 Å². The second-order valence-corrected chi connectivity index (χ2v) is 3.91. The molecule has 52 valence electrons. The molecule has 0 aromatic carbocycles. The van der Waals surface area contributed by atoms with Crippen LogP contribution in [0.25, 0.3) is 0 Å². The van der Waals surface area contributed by atoms with Crippen LogP contribution in [-0.2, 0) is 9.47 Å². The van der Waals surface area contributed by atoms with E-state index in [1.165, 1.54) is 12.8 Å². The number of hydrogen-bond acceptors (Lipinski definition) is 2. The zero-order valence-corrected chi connectivity index (χ0v) is 7.26. The zero-order valence-electron chi connectivity index (χ0n) is 5.10. The summed E-state index contributed by atoms with van der Waals surface area (Å²) in [6, 6.07) is 0. The molecule has 1 heterocycles. The molecule has 0 bridgehead atoms. The molecule has 1 aliphatic carbocycles. The fraction of sp³-hybridized carbons (Fsp3) is 1.00. The molecule has 2 nitrogen and oxygen atoms in total. The van der Waals surface area contributed by atoms with Crippen LogP contribution < -0.4 is 0 Å². The lowest BCUT2D eigenvalue weighted by Crippen LogP contribution is -2.29. The Morgan fingerprint density at radius 1 is 1.22 bits per heavy atom. The molecule has 0 unspecified atom stereocenters. The van der Waals surface area contributed by atoms with Crippen LogP contribution in [0, 0.1) is 5.41 Å². The molecule has 1 spiro atoms. The van der Waals surface area contributed by atoms with E-state index < -0.39 is 0 Å². The monoisotopic (exact) mass is 240 g/mol. The highest BCUT2D eigenvalue weighted by molar-refractivity contribution is 14.1. The normalized spacial score (nSPS) is 33.0. The Kier molecular flexibility index (Phi) is 1.46. The van der Waals surface area contributed by atoms with Crippen molar-refractivity contribution in [3.63, 3.8) is 0 Å². The highest BCUT2D eigenvalue weighted by Crippen LogP contribution is 2.48. The van der Waals surface area contributed by atoms with Crippen molar-refractivity contribution < 1.29 is 9.47 Å². The molecule has 0 aromatic rings. The summed E-state index contributed by atoms with van der Waals surface area (Å²) in [4.78, 5) is 0. The van der Waals surface area contributed by atoms with E-state index in [0.29, 0.717) is 5.41 Å². The molecule has 0 aromatic heterocycles. The summed E-state index contributed by atoms with van der Waals surface area (Å²) < 4.78 is 10.6. The average molecular weight is 240 g/mol. The van der Waals surface area contributed by atoms with Gasteiger partial charge in [-0.2, -0.15) is 0 Å². The molecule has 1 aliphatic heterocycles. The van der Waals surface area contributed by atoms with Gasteiger partial charge in [-0.15, -0.1) is 0 Å².